The van der Waals surface area contributed by atoms with E-state index in [0.717, 1.165) is 16.9 Å². The second kappa shape index (κ2) is 6.58. The van der Waals surface area contributed by atoms with Crippen LogP contribution in [0.25, 0.3) is 0 Å². The van der Waals surface area contributed by atoms with Gasteiger partial charge in [-0.05, 0) is 35.6 Å². The van der Waals surface area contributed by atoms with Crippen molar-refractivity contribution in [3.63, 3.8) is 0 Å². The summed E-state index contributed by atoms with van der Waals surface area (Å²) >= 11 is 0. The summed E-state index contributed by atoms with van der Waals surface area (Å²) in [5, 5.41) is 10.3. The Morgan fingerprint density at radius 3 is 2.20 bits per heavy atom. The van der Waals surface area contributed by atoms with Gasteiger partial charge in [-0.25, -0.2) is 0 Å². The van der Waals surface area contributed by atoms with Crippen LogP contribution >= 0.6 is 0 Å². The third-order valence-electron chi connectivity index (χ3n) is 3.49. The SMILES string of the molecule is Cc1ccccc1C(O)COc1ccccc1C(C)C. The smallest absolute Gasteiger partial charge is 0.122 e. The summed E-state index contributed by atoms with van der Waals surface area (Å²) in [5.74, 6) is 1.26. The molecule has 0 heterocycles. The van der Waals surface area contributed by atoms with Crippen molar-refractivity contribution in [2.24, 2.45) is 0 Å². The van der Waals surface area contributed by atoms with Crippen LogP contribution in [0.4, 0.5) is 0 Å². The largest absolute Gasteiger partial charge is 0.490 e. The molecule has 1 unspecified atom stereocenters. The van der Waals surface area contributed by atoms with E-state index < -0.39 is 6.10 Å². The first-order valence-electron chi connectivity index (χ1n) is 7.05. The van der Waals surface area contributed by atoms with Crippen molar-refractivity contribution in [1.82, 2.24) is 0 Å². The zero-order chi connectivity index (χ0) is 14.5. The summed E-state index contributed by atoms with van der Waals surface area (Å²) in [4.78, 5) is 0. The molecule has 0 radical (unpaired) electrons. The van der Waals surface area contributed by atoms with Gasteiger partial charge in [0.05, 0.1) is 0 Å². The standard InChI is InChI=1S/C18H22O2/c1-13(2)15-9-6-7-11-18(15)20-12-17(19)16-10-5-4-8-14(16)3/h4-11,13,17,19H,12H2,1-3H3. The van der Waals surface area contributed by atoms with E-state index >= 15 is 0 Å². The van der Waals surface area contributed by atoms with Gasteiger partial charge in [0.15, 0.2) is 0 Å². The second-order valence-corrected chi connectivity index (χ2v) is 5.38. The number of hydrogen-bond donors (Lipinski definition) is 1. The van der Waals surface area contributed by atoms with Crippen molar-refractivity contribution in [2.45, 2.75) is 32.8 Å². The first-order valence-corrected chi connectivity index (χ1v) is 7.05. The molecule has 0 aromatic heterocycles. The van der Waals surface area contributed by atoms with Gasteiger partial charge in [0.2, 0.25) is 0 Å². The van der Waals surface area contributed by atoms with E-state index in [0.29, 0.717) is 5.92 Å². The van der Waals surface area contributed by atoms with Crippen molar-refractivity contribution in [3.05, 3.63) is 65.2 Å². The molecular formula is C18H22O2. The van der Waals surface area contributed by atoms with Crippen LogP contribution in [0, 0.1) is 6.92 Å². The molecule has 0 spiro atoms. The number of hydrogen-bond acceptors (Lipinski definition) is 2. The van der Waals surface area contributed by atoms with Gasteiger partial charge in [-0.2, -0.15) is 0 Å². The maximum atomic E-state index is 10.3. The third kappa shape index (κ3) is 3.40. The maximum absolute atomic E-state index is 10.3. The zero-order valence-corrected chi connectivity index (χ0v) is 12.3. The zero-order valence-electron chi connectivity index (χ0n) is 12.3. The fourth-order valence-electron chi connectivity index (χ4n) is 2.31. The quantitative estimate of drug-likeness (QED) is 0.881. The highest BCUT2D eigenvalue weighted by Crippen LogP contribution is 2.27. The Hall–Kier alpha value is -1.80. The van der Waals surface area contributed by atoms with Crippen molar-refractivity contribution >= 4 is 0 Å². The number of ether oxygens (including phenoxy) is 1. The lowest BCUT2D eigenvalue weighted by Crippen LogP contribution is -2.12. The minimum absolute atomic E-state index is 0.272. The lowest BCUT2D eigenvalue weighted by Gasteiger charge is -2.17. The molecule has 1 atom stereocenters. The Kier molecular flexibility index (Phi) is 4.80. The van der Waals surface area contributed by atoms with E-state index in [1.165, 1.54) is 5.56 Å². The van der Waals surface area contributed by atoms with Gasteiger partial charge in [-0.15, -0.1) is 0 Å². The van der Waals surface area contributed by atoms with Crippen molar-refractivity contribution in [1.29, 1.82) is 0 Å². The van der Waals surface area contributed by atoms with E-state index in [1.807, 2.05) is 49.4 Å². The second-order valence-electron chi connectivity index (χ2n) is 5.38. The number of aliphatic hydroxyl groups is 1. The lowest BCUT2D eigenvalue weighted by molar-refractivity contribution is 0.107. The Balaban J connectivity index is 2.08. The van der Waals surface area contributed by atoms with Crippen molar-refractivity contribution in [2.75, 3.05) is 6.61 Å². The fraction of sp³-hybridized carbons (Fsp3) is 0.333. The highest BCUT2D eigenvalue weighted by molar-refractivity contribution is 5.36. The van der Waals surface area contributed by atoms with Gasteiger partial charge in [0.25, 0.3) is 0 Å². The monoisotopic (exact) mass is 270 g/mol. The van der Waals surface area contributed by atoms with Gasteiger partial charge >= 0.3 is 0 Å². The van der Waals surface area contributed by atoms with Gasteiger partial charge < -0.3 is 9.84 Å². The van der Waals surface area contributed by atoms with Crippen LogP contribution < -0.4 is 4.74 Å². The summed E-state index contributed by atoms with van der Waals surface area (Å²) in [7, 11) is 0. The predicted octanol–water partition coefficient (Wildman–Crippen LogP) is 4.23. The number of rotatable bonds is 5. The highest BCUT2D eigenvalue weighted by Gasteiger charge is 2.13. The molecule has 20 heavy (non-hydrogen) atoms. The fourth-order valence-corrected chi connectivity index (χ4v) is 2.31. The lowest BCUT2D eigenvalue weighted by atomic mass is 10.0. The van der Waals surface area contributed by atoms with Crippen molar-refractivity contribution in [3.8, 4) is 5.75 Å². The molecule has 0 amide bonds. The van der Waals surface area contributed by atoms with Crippen LogP contribution in [0.2, 0.25) is 0 Å². The normalized spacial score (nSPS) is 12.4. The van der Waals surface area contributed by atoms with Crippen LogP contribution in [-0.4, -0.2) is 11.7 Å². The number of aliphatic hydroxyl groups excluding tert-OH is 1. The van der Waals surface area contributed by atoms with Gasteiger partial charge in [0, 0.05) is 0 Å². The Labute approximate surface area is 121 Å². The molecule has 0 fully saturated rings. The van der Waals surface area contributed by atoms with Crippen LogP contribution in [0.3, 0.4) is 0 Å². The molecule has 2 heteroatoms. The van der Waals surface area contributed by atoms with E-state index in [9.17, 15) is 5.11 Å². The maximum Gasteiger partial charge on any atom is 0.122 e. The molecular weight excluding hydrogens is 248 g/mol. The van der Waals surface area contributed by atoms with Crippen LogP contribution in [0.1, 0.15) is 42.6 Å². The molecule has 2 rings (SSSR count). The molecule has 0 saturated carbocycles. The minimum atomic E-state index is -0.601. The van der Waals surface area contributed by atoms with Crippen LogP contribution in [0.15, 0.2) is 48.5 Å². The average Bonchev–Trinajstić information content (AvgIpc) is 2.45. The first kappa shape index (κ1) is 14.6. The molecule has 2 aromatic carbocycles. The molecule has 0 aliphatic heterocycles. The van der Waals surface area contributed by atoms with E-state index in [4.69, 9.17) is 4.74 Å². The molecule has 1 N–H and O–H groups in total. The van der Waals surface area contributed by atoms with Crippen LogP contribution in [-0.2, 0) is 0 Å². The third-order valence-corrected chi connectivity index (χ3v) is 3.49. The average molecular weight is 270 g/mol. The van der Waals surface area contributed by atoms with Gasteiger partial charge in [-0.1, -0.05) is 56.3 Å². The summed E-state index contributed by atoms with van der Waals surface area (Å²) < 4.78 is 5.82. The molecule has 2 nitrogen and oxygen atoms in total. The minimum Gasteiger partial charge on any atom is -0.490 e. The number of benzene rings is 2. The number of aryl methyl sites for hydroxylation is 1. The summed E-state index contributed by atoms with van der Waals surface area (Å²) in [6, 6.07) is 15.9. The molecule has 2 aromatic rings. The predicted molar refractivity (Wildman–Crippen MR) is 82.2 cm³/mol. The summed E-state index contributed by atoms with van der Waals surface area (Å²) in [5.41, 5.74) is 3.18. The van der Waals surface area contributed by atoms with Crippen molar-refractivity contribution < 1.29 is 9.84 Å². The Bertz CT molecular complexity index is 561. The van der Waals surface area contributed by atoms with Crippen LogP contribution in [0.5, 0.6) is 5.75 Å². The molecule has 0 aliphatic carbocycles. The van der Waals surface area contributed by atoms with Gasteiger partial charge in [0.1, 0.15) is 18.5 Å². The first-order chi connectivity index (χ1) is 9.59. The molecule has 0 saturated heterocycles. The van der Waals surface area contributed by atoms with E-state index in [2.05, 4.69) is 19.9 Å². The molecule has 0 bridgehead atoms. The Morgan fingerprint density at radius 2 is 1.55 bits per heavy atom. The van der Waals surface area contributed by atoms with E-state index in [-0.39, 0.29) is 6.61 Å². The number of para-hydroxylation sites is 1. The Morgan fingerprint density at radius 1 is 0.950 bits per heavy atom. The topological polar surface area (TPSA) is 29.5 Å². The molecule has 106 valence electrons. The van der Waals surface area contributed by atoms with Gasteiger partial charge in [-0.3, -0.25) is 0 Å². The summed E-state index contributed by atoms with van der Waals surface area (Å²) in [6.45, 7) is 6.55. The highest BCUT2D eigenvalue weighted by atomic mass is 16.5. The van der Waals surface area contributed by atoms with E-state index in [1.54, 1.807) is 0 Å². The molecule has 0 aliphatic rings. The summed E-state index contributed by atoms with van der Waals surface area (Å²) in [6.07, 6.45) is -0.601.